The number of carbonyl (C=O) groups excluding carboxylic acids is 2. The average Bonchev–Trinajstić information content (AvgIpc) is 2.93. The van der Waals surface area contributed by atoms with Crippen molar-refractivity contribution in [3.63, 3.8) is 0 Å². The number of aliphatic hydroxyl groups is 2. The second-order valence-corrected chi connectivity index (χ2v) is 11.2. The van der Waals surface area contributed by atoms with Crippen LogP contribution in [0.5, 0.6) is 17.2 Å². The van der Waals surface area contributed by atoms with Gasteiger partial charge in [-0.1, -0.05) is 31.2 Å². The predicted octanol–water partition coefficient (Wildman–Crippen LogP) is 2.13. The number of carboxylic acids is 1. The molecule has 210 valence electrons. The highest BCUT2D eigenvalue weighted by atomic mass is 16.5. The molecular formula is C30H25NO10. The van der Waals surface area contributed by atoms with Crippen LogP contribution in [0.1, 0.15) is 67.4 Å². The van der Waals surface area contributed by atoms with Crippen LogP contribution < -0.4 is 5.32 Å². The molecular weight excluding hydrogens is 534 g/mol. The van der Waals surface area contributed by atoms with Gasteiger partial charge in [0.1, 0.15) is 28.5 Å². The monoisotopic (exact) mass is 559 g/mol. The van der Waals surface area contributed by atoms with Crippen LogP contribution in [0.3, 0.4) is 0 Å². The molecule has 11 nitrogen and oxygen atoms in total. The summed E-state index contributed by atoms with van der Waals surface area (Å²) >= 11 is 0. The molecule has 11 heteroatoms. The Kier molecular flexibility index (Phi) is 4.88. The van der Waals surface area contributed by atoms with Gasteiger partial charge in [-0.3, -0.25) is 14.4 Å². The quantitative estimate of drug-likeness (QED) is 0.178. The lowest BCUT2D eigenvalue weighted by Gasteiger charge is -2.66. The van der Waals surface area contributed by atoms with Crippen molar-refractivity contribution < 1.29 is 49.8 Å². The maximum absolute atomic E-state index is 14.0. The number of phenolic OH excluding ortho intramolecular Hbond substituents is 3. The van der Waals surface area contributed by atoms with Gasteiger partial charge in [0.2, 0.25) is 11.6 Å². The third-order valence-electron chi connectivity index (χ3n) is 9.69. The van der Waals surface area contributed by atoms with Crippen molar-refractivity contribution >= 4 is 23.2 Å². The highest BCUT2D eigenvalue weighted by molar-refractivity contribution is 6.33. The van der Waals surface area contributed by atoms with E-state index in [4.69, 9.17) is 4.74 Å². The molecule has 7 rings (SSSR count). The Morgan fingerprint density at radius 2 is 1.44 bits per heavy atom. The zero-order valence-electron chi connectivity index (χ0n) is 21.7. The lowest BCUT2D eigenvalue weighted by molar-refractivity contribution is -0.275. The first-order valence-electron chi connectivity index (χ1n) is 13.0. The lowest BCUT2D eigenvalue weighted by Crippen LogP contribution is -2.75. The summed E-state index contributed by atoms with van der Waals surface area (Å²) in [5.41, 5.74) is -5.36. The van der Waals surface area contributed by atoms with Gasteiger partial charge in [-0.2, -0.15) is 0 Å². The zero-order valence-corrected chi connectivity index (χ0v) is 21.7. The van der Waals surface area contributed by atoms with E-state index in [9.17, 15) is 45.0 Å². The molecule has 4 bridgehead atoms. The first-order valence-corrected chi connectivity index (χ1v) is 13.0. The summed E-state index contributed by atoms with van der Waals surface area (Å²) in [6.45, 7) is 1.50. The van der Waals surface area contributed by atoms with Gasteiger partial charge in [0.15, 0.2) is 0 Å². The number of hydrogen-bond donors (Lipinski definition) is 7. The third kappa shape index (κ3) is 2.66. The second-order valence-electron chi connectivity index (χ2n) is 11.2. The Balaban J connectivity index is 1.59. The summed E-state index contributed by atoms with van der Waals surface area (Å²) in [6.07, 6.45) is -1.14. The number of benzene rings is 3. The zero-order chi connectivity index (χ0) is 29.3. The molecule has 1 fully saturated rings. The number of aromatic hydroxyl groups is 3. The van der Waals surface area contributed by atoms with Gasteiger partial charge < -0.3 is 40.7 Å². The predicted molar refractivity (Wildman–Crippen MR) is 140 cm³/mol. The second kappa shape index (κ2) is 7.84. The first kappa shape index (κ1) is 25.5. The van der Waals surface area contributed by atoms with Crippen LogP contribution in [-0.4, -0.2) is 67.0 Å². The summed E-state index contributed by atoms with van der Waals surface area (Å²) in [4.78, 5) is 40.1. The van der Waals surface area contributed by atoms with Gasteiger partial charge >= 0.3 is 5.97 Å². The van der Waals surface area contributed by atoms with Gasteiger partial charge in [0.05, 0.1) is 46.0 Å². The molecule has 7 atom stereocenters. The number of carbonyl (C=O) groups is 3. The van der Waals surface area contributed by atoms with Crippen LogP contribution in [0.15, 0.2) is 42.5 Å². The van der Waals surface area contributed by atoms with E-state index < -0.39 is 92.6 Å². The Morgan fingerprint density at radius 1 is 0.878 bits per heavy atom. The first-order chi connectivity index (χ1) is 19.4. The van der Waals surface area contributed by atoms with Crippen molar-refractivity contribution in [1.29, 1.82) is 0 Å². The normalized spacial score (nSPS) is 32.2. The number of fused-ring (bicyclic) bond motifs is 7. The molecule has 3 aromatic rings. The fourth-order valence-electron chi connectivity index (χ4n) is 8.00. The van der Waals surface area contributed by atoms with Gasteiger partial charge in [-0.15, -0.1) is 0 Å². The van der Waals surface area contributed by atoms with E-state index in [1.807, 2.05) is 0 Å². The molecule has 0 aromatic heterocycles. The summed E-state index contributed by atoms with van der Waals surface area (Å²) in [6, 6.07) is 8.91. The molecule has 1 saturated carbocycles. The molecule has 3 aliphatic carbocycles. The molecule has 1 aliphatic heterocycles. The van der Waals surface area contributed by atoms with Crippen molar-refractivity contribution in [2.45, 2.75) is 36.2 Å². The summed E-state index contributed by atoms with van der Waals surface area (Å²) in [5.74, 6) is -8.37. The number of nitrogens with one attached hydrogen (secondary N) is 1. The number of ether oxygens (including phenoxy) is 1. The number of aliphatic carboxylic acids is 1. The topological polar surface area (TPSA) is 194 Å². The fraction of sp³-hybridized carbons (Fsp3) is 0.300. The molecule has 3 aromatic carbocycles. The maximum Gasteiger partial charge on any atom is 0.309 e. The molecule has 4 aliphatic rings. The van der Waals surface area contributed by atoms with Crippen LogP contribution in [0.2, 0.25) is 0 Å². The third-order valence-corrected chi connectivity index (χ3v) is 9.69. The average molecular weight is 560 g/mol. The smallest absolute Gasteiger partial charge is 0.309 e. The number of methoxy groups -OCH3 is 1. The Morgan fingerprint density at radius 3 is 2.02 bits per heavy atom. The van der Waals surface area contributed by atoms with Crippen molar-refractivity contribution in [2.75, 3.05) is 12.4 Å². The molecule has 0 amide bonds. The van der Waals surface area contributed by atoms with Gasteiger partial charge in [-0.25, -0.2) is 0 Å². The van der Waals surface area contributed by atoms with Crippen LogP contribution in [0, 0.1) is 11.8 Å². The number of anilines is 1. The van der Waals surface area contributed by atoms with E-state index in [0.717, 1.165) is 18.2 Å². The van der Waals surface area contributed by atoms with E-state index >= 15 is 0 Å². The Labute approximate surface area is 232 Å². The van der Waals surface area contributed by atoms with Crippen molar-refractivity contribution in [3.8, 4) is 17.2 Å². The lowest BCUT2D eigenvalue weighted by atomic mass is 9.45. The van der Waals surface area contributed by atoms with Crippen molar-refractivity contribution in [2.24, 2.45) is 11.8 Å². The van der Waals surface area contributed by atoms with E-state index in [1.54, 1.807) is 24.3 Å². The van der Waals surface area contributed by atoms with Crippen molar-refractivity contribution in [1.82, 2.24) is 0 Å². The molecule has 1 heterocycles. The summed E-state index contributed by atoms with van der Waals surface area (Å²) < 4.78 is 5.73. The molecule has 7 N–H and O–H groups in total. The molecule has 0 saturated heterocycles. The number of hydrogen-bond acceptors (Lipinski definition) is 10. The summed E-state index contributed by atoms with van der Waals surface area (Å²) in [7, 11) is 1.32. The minimum absolute atomic E-state index is 0.0583. The van der Waals surface area contributed by atoms with Crippen LogP contribution in [0.25, 0.3) is 0 Å². The molecule has 0 spiro atoms. The molecule has 41 heavy (non-hydrogen) atoms. The number of ketones is 2. The highest BCUT2D eigenvalue weighted by Gasteiger charge is 2.75. The fourth-order valence-corrected chi connectivity index (χ4v) is 8.00. The standard InChI is InChI=1S/C30H25NO10/c1-10-17(28(37)38)26(41-2)22-11-5-3-4-6-12(11)27-29(10,39)30(22,40)13-9-16(34)20-21(23(13)31-27)25(36)19-15(33)8-7-14(32)18(19)24(20)35/h3-10,17,22,26-27,31-34,39-40H,1-2H3,(H,37,38)/t10-,17?,22+,26?,27-,29-,30-/m0/s1. The van der Waals surface area contributed by atoms with E-state index in [0.29, 0.717) is 11.1 Å². The minimum Gasteiger partial charge on any atom is -0.507 e. The molecule has 2 unspecified atom stereocenters. The van der Waals surface area contributed by atoms with Crippen LogP contribution in [-0.2, 0) is 15.1 Å². The largest absolute Gasteiger partial charge is 0.507 e. The Hall–Kier alpha value is -4.45. The maximum atomic E-state index is 14.0. The molecule has 0 radical (unpaired) electrons. The SMILES string of the molecule is COC1C(C(=O)O)[C@H](C)[C@]2(O)[C@H]3Nc4c(cc(O)c5c4C(=O)c4c(O)ccc(O)c4C5=O)[C@]2(O)[C@@H]1c1ccccc13. The van der Waals surface area contributed by atoms with Crippen molar-refractivity contribution in [3.05, 3.63) is 81.4 Å². The highest BCUT2D eigenvalue weighted by Crippen LogP contribution is 2.69. The number of rotatable bonds is 2. The van der Waals surface area contributed by atoms with E-state index in [-0.39, 0.29) is 16.8 Å². The summed E-state index contributed by atoms with van der Waals surface area (Å²) in [5, 5.41) is 70.8. The van der Waals surface area contributed by atoms with Gasteiger partial charge in [0, 0.05) is 24.5 Å². The van der Waals surface area contributed by atoms with Gasteiger partial charge in [-0.05, 0) is 29.3 Å². The van der Waals surface area contributed by atoms with E-state index in [2.05, 4.69) is 5.32 Å². The number of carboxylic acid groups (broad SMARTS) is 1. The van der Waals surface area contributed by atoms with E-state index in [1.165, 1.54) is 14.0 Å². The Bertz CT molecular complexity index is 1750. The van der Waals surface area contributed by atoms with Crippen LogP contribution >= 0.6 is 0 Å². The van der Waals surface area contributed by atoms with Crippen LogP contribution in [0.4, 0.5) is 5.69 Å². The number of phenols is 3. The van der Waals surface area contributed by atoms with Gasteiger partial charge in [0.25, 0.3) is 0 Å². The minimum atomic E-state index is -2.31.